The molecule has 7 nitrogen and oxygen atoms in total. The van der Waals surface area contributed by atoms with Gasteiger partial charge in [0.15, 0.2) is 5.16 Å². The summed E-state index contributed by atoms with van der Waals surface area (Å²) >= 11 is 1.13. The van der Waals surface area contributed by atoms with E-state index < -0.39 is 5.91 Å². The molecular formula is C20H20N4O3S. The molecule has 0 aliphatic heterocycles. The summed E-state index contributed by atoms with van der Waals surface area (Å²) in [6.07, 6.45) is 0. The third-order valence-corrected chi connectivity index (χ3v) is 4.99. The highest BCUT2D eigenvalue weighted by atomic mass is 32.2. The first-order valence-corrected chi connectivity index (χ1v) is 9.63. The van der Waals surface area contributed by atoms with Crippen molar-refractivity contribution in [1.82, 2.24) is 20.4 Å². The van der Waals surface area contributed by atoms with Crippen molar-refractivity contribution < 1.29 is 9.59 Å². The number of hydrogen-bond donors (Lipinski definition) is 2. The first-order valence-electron chi connectivity index (χ1n) is 8.64. The van der Waals surface area contributed by atoms with Crippen LogP contribution in [0.15, 0.2) is 52.4 Å². The van der Waals surface area contributed by atoms with E-state index in [9.17, 15) is 14.4 Å². The lowest BCUT2D eigenvalue weighted by atomic mass is 10.1. The molecule has 0 spiro atoms. The predicted molar refractivity (Wildman–Crippen MR) is 109 cm³/mol. The Morgan fingerprint density at radius 1 is 1.11 bits per heavy atom. The van der Waals surface area contributed by atoms with Crippen LogP contribution in [0.1, 0.15) is 18.1 Å². The molecule has 3 aromatic rings. The van der Waals surface area contributed by atoms with Crippen LogP contribution in [0.2, 0.25) is 0 Å². The molecule has 2 N–H and O–H groups in total. The Hall–Kier alpha value is -3.13. The molecule has 28 heavy (non-hydrogen) atoms. The Labute approximate surface area is 166 Å². The van der Waals surface area contributed by atoms with Gasteiger partial charge in [-0.2, -0.15) is 0 Å². The van der Waals surface area contributed by atoms with Crippen LogP contribution in [0.3, 0.4) is 0 Å². The normalized spacial score (nSPS) is 10.7. The number of aryl methyl sites for hydroxylation is 2. The van der Waals surface area contributed by atoms with E-state index in [4.69, 9.17) is 0 Å². The third-order valence-electron chi connectivity index (χ3n) is 4.05. The van der Waals surface area contributed by atoms with Crippen molar-refractivity contribution in [2.45, 2.75) is 25.9 Å². The number of aromatic nitrogens is 2. The van der Waals surface area contributed by atoms with Gasteiger partial charge in [0.05, 0.1) is 22.3 Å². The second kappa shape index (κ2) is 8.26. The van der Waals surface area contributed by atoms with Gasteiger partial charge >= 0.3 is 0 Å². The van der Waals surface area contributed by atoms with E-state index in [1.807, 2.05) is 38.1 Å². The van der Waals surface area contributed by atoms with Gasteiger partial charge in [0.2, 0.25) is 11.8 Å². The zero-order valence-electron chi connectivity index (χ0n) is 15.8. The lowest BCUT2D eigenvalue weighted by molar-refractivity contribution is -0.126. The second-order valence-electron chi connectivity index (χ2n) is 6.36. The van der Waals surface area contributed by atoms with Crippen molar-refractivity contribution in [3.8, 4) is 5.69 Å². The van der Waals surface area contributed by atoms with E-state index in [1.54, 1.807) is 18.2 Å². The van der Waals surface area contributed by atoms with Crippen LogP contribution in [-0.2, 0) is 9.59 Å². The molecule has 2 aromatic carbocycles. The number of benzene rings is 2. The number of amides is 2. The van der Waals surface area contributed by atoms with Crippen LogP contribution in [0.5, 0.6) is 0 Å². The smallest absolute Gasteiger partial charge is 0.266 e. The van der Waals surface area contributed by atoms with E-state index in [-0.39, 0.29) is 17.2 Å². The summed E-state index contributed by atoms with van der Waals surface area (Å²) in [7, 11) is 0. The van der Waals surface area contributed by atoms with E-state index in [1.165, 1.54) is 11.5 Å². The number of nitrogens with one attached hydrogen (secondary N) is 2. The molecule has 0 saturated carbocycles. The van der Waals surface area contributed by atoms with Gasteiger partial charge in [0.25, 0.3) is 5.56 Å². The van der Waals surface area contributed by atoms with Gasteiger partial charge < -0.3 is 0 Å². The minimum atomic E-state index is -0.394. The van der Waals surface area contributed by atoms with Gasteiger partial charge in [-0.1, -0.05) is 41.6 Å². The first kappa shape index (κ1) is 19.6. The molecule has 0 aliphatic carbocycles. The Balaban J connectivity index is 2.06. The average Bonchev–Trinajstić information content (AvgIpc) is 2.66. The lowest BCUT2D eigenvalue weighted by Crippen LogP contribution is -2.41. The van der Waals surface area contributed by atoms with Crippen molar-refractivity contribution in [3.63, 3.8) is 0 Å². The maximum Gasteiger partial charge on any atom is 0.266 e. The molecule has 3 rings (SSSR count). The number of carbonyl (C=O) groups excluding carboxylic acids is 2. The van der Waals surface area contributed by atoms with Crippen molar-refractivity contribution in [1.29, 1.82) is 0 Å². The highest BCUT2D eigenvalue weighted by Crippen LogP contribution is 2.23. The molecule has 0 fully saturated rings. The molecule has 0 saturated heterocycles. The Bertz CT molecular complexity index is 1120. The Morgan fingerprint density at radius 2 is 1.86 bits per heavy atom. The van der Waals surface area contributed by atoms with Gasteiger partial charge in [-0.05, 0) is 37.6 Å². The highest BCUT2D eigenvalue weighted by Gasteiger charge is 2.16. The Morgan fingerprint density at radius 3 is 2.57 bits per heavy atom. The number of hydrazine groups is 1. The van der Waals surface area contributed by atoms with Crippen molar-refractivity contribution >= 4 is 34.5 Å². The largest absolute Gasteiger partial charge is 0.274 e. The number of fused-ring (bicyclic) bond motifs is 1. The SMILES string of the molecule is CC(=O)NNC(=O)CSc1nc2ccccc2c(=O)n1-c1ccc(C)cc1C. The first-order chi connectivity index (χ1) is 13.4. The summed E-state index contributed by atoms with van der Waals surface area (Å²) < 4.78 is 1.54. The van der Waals surface area contributed by atoms with E-state index in [0.717, 1.165) is 28.6 Å². The van der Waals surface area contributed by atoms with Gasteiger partial charge in [0, 0.05) is 6.92 Å². The molecule has 0 atom stereocenters. The fourth-order valence-corrected chi connectivity index (χ4v) is 3.61. The molecule has 0 bridgehead atoms. The molecular weight excluding hydrogens is 376 g/mol. The van der Waals surface area contributed by atoms with E-state index in [2.05, 4.69) is 15.8 Å². The predicted octanol–water partition coefficient (Wildman–Crippen LogP) is 2.26. The van der Waals surface area contributed by atoms with Crippen LogP contribution in [0.25, 0.3) is 16.6 Å². The molecule has 144 valence electrons. The summed E-state index contributed by atoms with van der Waals surface area (Å²) in [6.45, 7) is 5.22. The monoisotopic (exact) mass is 396 g/mol. The summed E-state index contributed by atoms with van der Waals surface area (Å²) in [5.74, 6) is -0.764. The topological polar surface area (TPSA) is 93.1 Å². The van der Waals surface area contributed by atoms with E-state index >= 15 is 0 Å². The molecule has 1 heterocycles. The number of rotatable bonds is 4. The maximum atomic E-state index is 13.2. The number of carbonyl (C=O) groups is 2. The van der Waals surface area contributed by atoms with Crippen LogP contribution in [0, 0.1) is 13.8 Å². The lowest BCUT2D eigenvalue weighted by Gasteiger charge is -2.15. The summed E-state index contributed by atoms with van der Waals surface area (Å²) in [4.78, 5) is 40.7. The van der Waals surface area contributed by atoms with Crippen molar-refractivity contribution in [2.75, 3.05) is 5.75 Å². The van der Waals surface area contributed by atoms with Gasteiger partial charge in [0.1, 0.15) is 0 Å². The standard InChI is InChI=1S/C20H20N4O3S/c1-12-8-9-17(13(2)10-12)24-19(27)15-6-4-5-7-16(15)21-20(24)28-11-18(26)23-22-14(3)25/h4-10H,11H2,1-3H3,(H,22,25)(H,23,26). The zero-order valence-corrected chi connectivity index (χ0v) is 16.6. The number of thioether (sulfide) groups is 1. The zero-order chi connectivity index (χ0) is 20.3. The molecule has 0 radical (unpaired) electrons. The van der Waals surface area contributed by atoms with Gasteiger partial charge in [-0.25, -0.2) is 4.98 Å². The highest BCUT2D eigenvalue weighted by molar-refractivity contribution is 7.99. The number of hydrogen-bond acceptors (Lipinski definition) is 5. The minimum Gasteiger partial charge on any atom is -0.274 e. The maximum absolute atomic E-state index is 13.2. The molecule has 1 aromatic heterocycles. The minimum absolute atomic E-state index is 0.00400. The van der Waals surface area contributed by atoms with Crippen LogP contribution < -0.4 is 16.4 Å². The second-order valence-corrected chi connectivity index (χ2v) is 7.30. The Kier molecular flexibility index (Phi) is 5.79. The quantitative estimate of drug-likeness (QED) is 0.401. The fourth-order valence-electron chi connectivity index (χ4n) is 2.80. The summed E-state index contributed by atoms with van der Waals surface area (Å²) in [5.41, 5.74) is 7.67. The molecule has 2 amide bonds. The van der Waals surface area contributed by atoms with Crippen LogP contribution >= 0.6 is 11.8 Å². The average molecular weight is 396 g/mol. The molecule has 8 heteroatoms. The fraction of sp³-hybridized carbons (Fsp3) is 0.200. The molecule has 0 aliphatic rings. The summed E-state index contributed by atoms with van der Waals surface area (Å²) in [6, 6.07) is 12.9. The summed E-state index contributed by atoms with van der Waals surface area (Å²) in [5, 5.41) is 0.920. The number of nitrogens with zero attached hydrogens (tertiary/aromatic N) is 2. The van der Waals surface area contributed by atoms with E-state index in [0.29, 0.717) is 16.1 Å². The third kappa shape index (κ3) is 4.23. The van der Waals surface area contributed by atoms with Crippen molar-refractivity contribution in [2.24, 2.45) is 0 Å². The van der Waals surface area contributed by atoms with Gasteiger partial charge in [-0.3, -0.25) is 29.8 Å². The van der Waals surface area contributed by atoms with Crippen LogP contribution in [0.4, 0.5) is 0 Å². The van der Waals surface area contributed by atoms with Crippen molar-refractivity contribution in [3.05, 3.63) is 63.9 Å². The molecule has 0 unspecified atom stereocenters. The number of para-hydroxylation sites is 1. The van der Waals surface area contributed by atoms with Gasteiger partial charge in [-0.15, -0.1) is 0 Å². The van der Waals surface area contributed by atoms with Crippen LogP contribution in [-0.4, -0.2) is 27.1 Å².